The second kappa shape index (κ2) is 64.5. The van der Waals surface area contributed by atoms with Crippen LogP contribution in [-0.4, -0.2) is 300 Å². The van der Waals surface area contributed by atoms with E-state index in [4.69, 9.17) is 119 Å². The van der Waals surface area contributed by atoms with Gasteiger partial charge in [-0.05, 0) is 155 Å². The summed E-state index contributed by atoms with van der Waals surface area (Å²) in [6.45, 7) is 26.3. The molecule has 0 saturated carbocycles. The maximum atomic E-state index is 11.7. The molecule has 1 saturated heterocycles. The second-order valence-corrected chi connectivity index (χ2v) is 40.7. The Morgan fingerprint density at radius 3 is 1.29 bits per heavy atom. The number of rotatable bonds is 32. The van der Waals surface area contributed by atoms with Gasteiger partial charge in [0, 0.05) is 89.6 Å². The quantitative estimate of drug-likeness (QED) is 0.00636. The van der Waals surface area contributed by atoms with Gasteiger partial charge in [0.25, 0.3) is 36.7 Å². The van der Waals surface area contributed by atoms with Crippen LogP contribution in [0, 0.1) is 0 Å². The molecule has 5 heterocycles. The van der Waals surface area contributed by atoms with E-state index in [1.165, 1.54) is 34.8 Å². The van der Waals surface area contributed by atoms with Gasteiger partial charge >= 0.3 is 28.3 Å². The first kappa shape index (κ1) is 126. The number of halogens is 8. The molecule has 46 nitrogen and oxygen atoms in total. The third-order valence-corrected chi connectivity index (χ3v) is 20.5. The van der Waals surface area contributed by atoms with Crippen LogP contribution in [0.15, 0.2) is 55.0 Å². The van der Waals surface area contributed by atoms with Gasteiger partial charge in [-0.25, -0.2) is 66.1 Å². The molecule has 3 aromatic heterocycles. The van der Waals surface area contributed by atoms with E-state index >= 15 is 0 Å². The van der Waals surface area contributed by atoms with E-state index in [9.17, 15) is 60.1 Å². The van der Waals surface area contributed by atoms with Gasteiger partial charge in [0.15, 0.2) is 34.6 Å². The van der Waals surface area contributed by atoms with E-state index in [-0.39, 0.29) is 129 Å². The fraction of sp³-hybridized carbons (Fsp3) is 0.656. The highest BCUT2D eigenvalue weighted by molar-refractivity contribution is 9.11. The van der Waals surface area contributed by atoms with Gasteiger partial charge in [-0.2, -0.15) is 43.1 Å². The Morgan fingerprint density at radius 2 is 0.943 bits per heavy atom. The average molecular weight is 2170 g/mol. The number of sulfonamides is 1. The molecule has 1 fully saturated rings. The highest BCUT2D eigenvalue weighted by atomic mass is 79.9. The first-order valence-corrected chi connectivity index (χ1v) is 48.4. The predicted octanol–water partition coefficient (Wildman–Crippen LogP) is 2.91. The lowest BCUT2D eigenvalue weighted by molar-refractivity contribution is -0.152. The Bertz CT molecular complexity index is 4410. The van der Waals surface area contributed by atoms with Crippen molar-refractivity contribution in [2.24, 2.45) is 15.3 Å². The van der Waals surface area contributed by atoms with E-state index in [0.717, 1.165) is 35.7 Å². The zero-order chi connectivity index (χ0) is 95.8. The molecule has 14 N–H and O–H groups in total. The molecule has 0 radical (unpaired) electrons. The van der Waals surface area contributed by atoms with Crippen molar-refractivity contribution in [1.29, 1.82) is 0 Å². The molecule has 0 bridgehead atoms. The standard InChI is InChI=1S/C13H17BO4.C9H15BrN4O5S.C9H19NO5S.C7H10BrClN4O3S.C6H11ClO4S.C4HBrCl2N2.C4H10O.C3H10N2O3S.C3H9NO.C2H6O2.CClNO3S/c1-12(2)13(3,4)18-14(17-12)9-5-6-10-11(7-9)16-8-15-10;1-18-4-2-13-20(16,17)14-8-7(10)9(12-6-11-8)19-5-3-15;1-9(2,3)15-8(11)7-16(12,13)10-5-6-14-4;1-16-3-2-12-17(14,15)13-7-5(8)6(9)10-4-11-7;1-6(2,3)11-5(8)4-12(7,9)10;5-2-3(6)8-1-9-4(2)7;1-4(2,3)5;1-8-3-2-5-9(4,6)7;1-5-3-2-4;3-1-2-4;2-7(5,6)3-1-4/h5-7H,8H2,1-4H3;6,13,15H,2-5H2,1H3,(H,11,12,14);10H,5-7H2,1-4H3;4,12H,2-3H2,1H3,(H,10,11,13);4H2,1-3H3;1H;5H,1-3H3;5H,2-3H2,1H3,(H2,4,6,7);2-4H2,1H3;3-4H,1-2H2;. The summed E-state index contributed by atoms with van der Waals surface area (Å²) in [6, 6.07) is 5.77. The van der Waals surface area contributed by atoms with E-state index in [0.29, 0.717) is 34.5 Å². The van der Waals surface area contributed by atoms with E-state index < -0.39 is 99.2 Å². The number of aromatic nitrogens is 6. The third-order valence-electron chi connectivity index (χ3n) is 11.4. The average Bonchev–Trinajstić information content (AvgIpc) is 1.62. The van der Waals surface area contributed by atoms with Crippen molar-refractivity contribution >= 4 is 205 Å². The summed E-state index contributed by atoms with van der Waals surface area (Å²) < 4.78 is 206. The number of isocyanates is 1. The molecule has 0 atom stereocenters. The van der Waals surface area contributed by atoms with Crippen molar-refractivity contribution in [1.82, 2.24) is 48.8 Å². The number of aliphatic hydroxyl groups is 4. The van der Waals surface area contributed by atoms with Crippen molar-refractivity contribution < 1.29 is 142 Å². The highest BCUT2D eigenvalue weighted by Gasteiger charge is 2.52. The molecular formula is C61H108BBr3Cl5N15O31S6. The van der Waals surface area contributed by atoms with Crippen LogP contribution in [0.5, 0.6) is 17.4 Å². The number of aliphatic hydroxyl groups excluding tert-OH is 3. The smallest absolute Gasteiger partial charge is 0.474 e. The Hall–Kier alpha value is -4.25. The van der Waals surface area contributed by atoms with Crippen LogP contribution < -0.4 is 58.9 Å². The number of nitrogens with one attached hydrogen (secondary N) is 6. The van der Waals surface area contributed by atoms with Gasteiger partial charge in [0.05, 0.1) is 78.6 Å². The molecule has 122 heavy (non-hydrogen) atoms. The van der Waals surface area contributed by atoms with Crippen molar-refractivity contribution in [2.75, 3.05) is 155 Å². The molecule has 0 spiro atoms. The molecular weight excluding hydrogens is 2060 g/mol. The van der Waals surface area contributed by atoms with Crippen LogP contribution in [0.1, 0.15) is 90.0 Å². The minimum Gasteiger partial charge on any atom is -0.474 e. The number of carbonyl (C=O) groups excluding carboxylic acids is 3. The van der Waals surface area contributed by atoms with Gasteiger partial charge in [0.2, 0.25) is 31.7 Å². The Balaban J connectivity index is -0.000000424. The SMILES string of the molecule is CC(C)(C)O.CC(C)(C)OC(=O)CS(=O)(=O)Cl.CC1(C)OB(c2ccc3c(c2)OCO3)OC1(C)C.COCCN.COCCNS(=O)(=O)CC(=O)OC(C)(C)C.COCCNS(=O)(=O)Nc1ncnc(Cl)c1Br.COCCNS(=O)(=O)Nc1ncnc(OCCO)c1Br.COCCNS(N)(=O)=O.Clc1ncnc(Cl)c1Br.O=C=NS(=O)(=O)Cl.OCCO. The van der Waals surface area contributed by atoms with Gasteiger partial charge < -0.3 is 82.8 Å². The maximum absolute atomic E-state index is 11.7. The molecule has 0 aliphatic carbocycles. The van der Waals surface area contributed by atoms with Gasteiger partial charge in [0.1, 0.15) is 56.7 Å². The largest absolute Gasteiger partial charge is 0.494 e. The van der Waals surface area contributed by atoms with Gasteiger partial charge in [-0.15, -0.1) is 0 Å². The van der Waals surface area contributed by atoms with Crippen LogP contribution in [0.4, 0.5) is 11.6 Å². The molecule has 4 aromatic rings. The van der Waals surface area contributed by atoms with E-state index in [1.807, 2.05) is 50.6 Å². The number of benzene rings is 1. The first-order chi connectivity index (χ1) is 55.8. The van der Waals surface area contributed by atoms with Crippen molar-refractivity contribution in [2.45, 2.75) is 118 Å². The van der Waals surface area contributed by atoms with Crippen molar-refractivity contribution in [3.63, 3.8) is 0 Å². The summed E-state index contributed by atoms with van der Waals surface area (Å²) in [7, 11) is -6.07. The number of anilines is 2. The maximum Gasteiger partial charge on any atom is 0.494 e. The summed E-state index contributed by atoms with van der Waals surface area (Å²) in [5, 5.41) is 37.8. The fourth-order valence-corrected chi connectivity index (χ4v) is 11.5. The molecule has 708 valence electrons. The highest BCUT2D eigenvalue weighted by Crippen LogP contribution is 2.38. The van der Waals surface area contributed by atoms with Gasteiger partial charge in [-0.3, -0.25) is 19.0 Å². The first-order valence-electron chi connectivity index (χ1n) is 34.0. The molecule has 0 unspecified atom stereocenters. The van der Waals surface area contributed by atoms with Crippen LogP contribution in [0.3, 0.4) is 0 Å². The second-order valence-electron chi connectivity index (χ2n) is 26.1. The Labute approximate surface area is 761 Å². The number of carbonyl (C=O) groups is 2. The molecule has 0 amide bonds. The number of nitrogens with zero attached hydrogens (tertiary/aromatic N) is 7. The molecule has 1 aromatic carbocycles. The van der Waals surface area contributed by atoms with Crippen LogP contribution >= 0.6 is 104 Å². The molecule has 2 aliphatic heterocycles. The normalized spacial score (nSPS) is 13.0. The monoisotopic (exact) mass is 2160 g/mol. The van der Waals surface area contributed by atoms with Crippen molar-refractivity contribution in [3.05, 3.63) is 66.1 Å². The zero-order valence-corrected chi connectivity index (χ0v) is 83.1. The minimum atomic E-state index is -4.00. The van der Waals surface area contributed by atoms with Crippen LogP contribution in [-0.2, 0) is 116 Å². The lowest BCUT2D eigenvalue weighted by atomic mass is 9.79. The molecule has 2 aliphatic rings. The fourth-order valence-electron chi connectivity index (χ4n) is 6.17. The summed E-state index contributed by atoms with van der Waals surface area (Å²) in [4.78, 5) is 53.5. The van der Waals surface area contributed by atoms with E-state index in [2.05, 4.69) is 136 Å². The number of fused-ring (bicyclic) bond motifs is 1. The minimum absolute atomic E-state index is 0.0258. The number of hydrogen-bond acceptors (Lipinski definition) is 38. The number of nitrogens with two attached hydrogens (primary N) is 2. The predicted molar refractivity (Wildman–Crippen MR) is 468 cm³/mol. The lowest BCUT2D eigenvalue weighted by Gasteiger charge is -2.32. The van der Waals surface area contributed by atoms with E-state index in [1.54, 1.807) is 69.4 Å². The van der Waals surface area contributed by atoms with Crippen LogP contribution in [0.2, 0.25) is 15.5 Å². The summed E-state index contributed by atoms with van der Waals surface area (Å²) in [5.41, 5.74) is 3.46. The molecule has 61 heteroatoms. The third kappa shape index (κ3) is 72.7. The Morgan fingerprint density at radius 1 is 0.566 bits per heavy atom. The number of hydrogen-bond donors (Lipinski definition) is 12. The molecule has 6 rings (SSSR count). The lowest BCUT2D eigenvalue weighted by Crippen LogP contribution is -2.41. The number of methoxy groups -OCH3 is 5. The number of ether oxygens (including phenoxy) is 10. The van der Waals surface area contributed by atoms with Crippen molar-refractivity contribution in [3.8, 4) is 17.4 Å². The van der Waals surface area contributed by atoms with Crippen LogP contribution in [0.25, 0.3) is 0 Å². The summed E-state index contributed by atoms with van der Waals surface area (Å²) in [6.07, 6.45) is 4.36. The Kier molecular flexibility index (Phi) is 66.7. The topological polar surface area (TPSA) is 662 Å². The summed E-state index contributed by atoms with van der Waals surface area (Å²) in [5.74, 6) is -1.32. The van der Waals surface area contributed by atoms with Gasteiger partial charge in [-0.1, -0.05) is 45.3 Å². The zero-order valence-electron chi connectivity index (χ0n) is 69.6. The number of esters is 2. The summed E-state index contributed by atoms with van der Waals surface area (Å²) >= 11 is 26.1.